The smallest absolute Gasteiger partial charge is 0.300 e. The van der Waals surface area contributed by atoms with Gasteiger partial charge < -0.3 is 14.6 Å². The topological polar surface area (TPSA) is 76.1 Å². The van der Waals surface area contributed by atoms with E-state index in [4.69, 9.17) is 9.47 Å². The molecule has 0 radical (unpaired) electrons. The fourth-order valence-electron chi connectivity index (χ4n) is 4.25. The van der Waals surface area contributed by atoms with Gasteiger partial charge in [-0.15, -0.1) is 0 Å². The third kappa shape index (κ3) is 3.63. The number of benzene rings is 3. The van der Waals surface area contributed by atoms with Crippen molar-refractivity contribution in [2.75, 3.05) is 19.1 Å². The first kappa shape index (κ1) is 22.1. The average molecular weight is 443 g/mol. The van der Waals surface area contributed by atoms with E-state index in [-0.39, 0.29) is 16.9 Å². The van der Waals surface area contributed by atoms with Crippen molar-refractivity contribution in [2.24, 2.45) is 0 Å². The lowest BCUT2D eigenvalue weighted by Gasteiger charge is -2.27. The highest BCUT2D eigenvalue weighted by Gasteiger charge is 2.47. The van der Waals surface area contributed by atoms with Gasteiger partial charge in [0.25, 0.3) is 11.7 Å². The number of aliphatic hydroxyl groups is 1. The standard InChI is InChI=1S/C27H25NO5/c1-16-10-8-13-19(17(16)2)28-24(18-11-6-5-7-12-18)23(26(30)27(28)31)25(29)22-20(32-3)14-9-15-21(22)33-4/h5-15,24,29H,1-4H3/b25-23+. The van der Waals surface area contributed by atoms with Crippen LogP contribution in [0.2, 0.25) is 0 Å². The zero-order valence-corrected chi connectivity index (χ0v) is 19.0. The fraction of sp³-hybridized carbons (Fsp3) is 0.185. The average Bonchev–Trinajstić information content (AvgIpc) is 3.10. The summed E-state index contributed by atoms with van der Waals surface area (Å²) in [5.41, 5.74) is 3.41. The summed E-state index contributed by atoms with van der Waals surface area (Å²) in [6, 6.07) is 19.0. The first-order valence-corrected chi connectivity index (χ1v) is 10.5. The Morgan fingerprint density at radius 1 is 0.848 bits per heavy atom. The van der Waals surface area contributed by atoms with Gasteiger partial charge in [0.1, 0.15) is 22.8 Å². The van der Waals surface area contributed by atoms with Crippen LogP contribution in [-0.4, -0.2) is 31.0 Å². The third-order valence-electron chi connectivity index (χ3n) is 6.06. The molecule has 0 bridgehead atoms. The number of ether oxygens (including phenoxy) is 2. The zero-order valence-electron chi connectivity index (χ0n) is 19.0. The molecule has 1 saturated heterocycles. The Morgan fingerprint density at radius 3 is 2.06 bits per heavy atom. The van der Waals surface area contributed by atoms with Crippen LogP contribution >= 0.6 is 0 Å². The van der Waals surface area contributed by atoms with Gasteiger partial charge in [0.2, 0.25) is 0 Å². The molecule has 1 fully saturated rings. The Hall–Kier alpha value is -4.06. The molecule has 1 N–H and O–H groups in total. The maximum Gasteiger partial charge on any atom is 0.300 e. The van der Waals surface area contributed by atoms with E-state index in [1.54, 1.807) is 18.2 Å². The van der Waals surface area contributed by atoms with Crippen molar-refractivity contribution in [3.8, 4) is 11.5 Å². The van der Waals surface area contributed by atoms with Gasteiger partial charge in [-0.3, -0.25) is 14.5 Å². The molecule has 0 aliphatic carbocycles. The van der Waals surface area contributed by atoms with Gasteiger partial charge in [-0.2, -0.15) is 0 Å². The molecular formula is C27H25NO5. The summed E-state index contributed by atoms with van der Waals surface area (Å²) in [4.78, 5) is 28.2. The largest absolute Gasteiger partial charge is 0.506 e. The molecular weight excluding hydrogens is 418 g/mol. The maximum absolute atomic E-state index is 13.4. The molecule has 3 aromatic rings. The van der Waals surface area contributed by atoms with Crippen LogP contribution in [0.4, 0.5) is 5.69 Å². The molecule has 1 aliphatic heterocycles. The first-order chi connectivity index (χ1) is 15.9. The van der Waals surface area contributed by atoms with E-state index in [0.29, 0.717) is 22.7 Å². The Labute approximate surface area is 192 Å². The van der Waals surface area contributed by atoms with Crippen molar-refractivity contribution < 1.29 is 24.2 Å². The second-order valence-electron chi connectivity index (χ2n) is 7.84. The van der Waals surface area contributed by atoms with E-state index >= 15 is 0 Å². The number of hydrogen-bond donors (Lipinski definition) is 1. The lowest BCUT2D eigenvalue weighted by molar-refractivity contribution is -0.132. The lowest BCUT2D eigenvalue weighted by atomic mass is 9.94. The van der Waals surface area contributed by atoms with Gasteiger partial charge in [0.15, 0.2) is 0 Å². The van der Waals surface area contributed by atoms with Gasteiger partial charge in [-0.25, -0.2) is 0 Å². The van der Waals surface area contributed by atoms with E-state index in [1.165, 1.54) is 19.1 Å². The molecule has 1 heterocycles. The number of aryl methyl sites for hydroxylation is 1. The van der Waals surface area contributed by atoms with Crippen LogP contribution < -0.4 is 14.4 Å². The zero-order chi connectivity index (χ0) is 23.7. The van der Waals surface area contributed by atoms with Gasteiger partial charge >= 0.3 is 0 Å². The van der Waals surface area contributed by atoms with Crippen molar-refractivity contribution in [1.82, 2.24) is 0 Å². The monoisotopic (exact) mass is 443 g/mol. The van der Waals surface area contributed by atoms with Crippen LogP contribution in [0, 0.1) is 13.8 Å². The third-order valence-corrected chi connectivity index (χ3v) is 6.06. The minimum absolute atomic E-state index is 0.0186. The number of carbonyl (C=O) groups excluding carboxylic acids is 2. The fourth-order valence-corrected chi connectivity index (χ4v) is 4.25. The van der Waals surface area contributed by atoms with Crippen molar-refractivity contribution in [3.05, 3.63) is 94.6 Å². The van der Waals surface area contributed by atoms with Crippen molar-refractivity contribution in [2.45, 2.75) is 19.9 Å². The van der Waals surface area contributed by atoms with E-state index in [1.807, 2.05) is 62.4 Å². The van der Waals surface area contributed by atoms with Crippen LogP contribution in [-0.2, 0) is 9.59 Å². The molecule has 1 amide bonds. The summed E-state index contributed by atoms with van der Waals surface area (Å²) in [6.45, 7) is 3.86. The normalized spacial score (nSPS) is 17.3. The number of hydrogen-bond acceptors (Lipinski definition) is 5. The highest BCUT2D eigenvalue weighted by atomic mass is 16.5. The Bertz CT molecular complexity index is 1240. The molecule has 4 rings (SSSR count). The van der Waals surface area contributed by atoms with E-state index < -0.39 is 17.7 Å². The van der Waals surface area contributed by atoms with Gasteiger partial charge in [0.05, 0.1) is 25.8 Å². The van der Waals surface area contributed by atoms with Crippen LogP contribution in [0.3, 0.4) is 0 Å². The minimum Gasteiger partial charge on any atom is -0.506 e. The Morgan fingerprint density at radius 2 is 1.45 bits per heavy atom. The first-order valence-electron chi connectivity index (χ1n) is 10.5. The molecule has 0 aromatic heterocycles. The van der Waals surface area contributed by atoms with Crippen LogP contribution in [0.1, 0.15) is 28.3 Å². The minimum atomic E-state index is -0.818. The maximum atomic E-state index is 13.4. The number of ketones is 1. The summed E-state index contributed by atoms with van der Waals surface area (Å²) in [5, 5.41) is 11.5. The number of amides is 1. The van der Waals surface area contributed by atoms with Crippen LogP contribution in [0.15, 0.2) is 72.3 Å². The Kier molecular flexibility index (Phi) is 5.92. The van der Waals surface area contributed by atoms with Crippen LogP contribution in [0.25, 0.3) is 5.76 Å². The van der Waals surface area contributed by atoms with E-state index in [0.717, 1.165) is 11.1 Å². The number of anilines is 1. The molecule has 0 spiro atoms. The SMILES string of the molecule is COc1cccc(OC)c1/C(O)=C1\C(=O)C(=O)N(c2cccc(C)c2C)C1c1ccccc1. The number of methoxy groups -OCH3 is 2. The summed E-state index contributed by atoms with van der Waals surface area (Å²) < 4.78 is 10.9. The number of rotatable bonds is 5. The van der Waals surface area contributed by atoms with Gasteiger partial charge in [-0.05, 0) is 48.7 Å². The highest BCUT2D eigenvalue weighted by molar-refractivity contribution is 6.51. The number of aliphatic hydroxyl groups excluding tert-OH is 1. The summed E-state index contributed by atoms with van der Waals surface area (Å²) in [6.07, 6.45) is 0. The lowest BCUT2D eigenvalue weighted by Crippen LogP contribution is -2.30. The molecule has 1 atom stereocenters. The second-order valence-corrected chi connectivity index (χ2v) is 7.84. The van der Waals surface area contributed by atoms with Crippen LogP contribution in [0.5, 0.6) is 11.5 Å². The molecule has 1 aliphatic rings. The number of carbonyl (C=O) groups is 2. The molecule has 3 aromatic carbocycles. The summed E-state index contributed by atoms with van der Waals surface area (Å²) >= 11 is 0. The van der Waals surface area contributed by atoms with Gasteiger partial charge in [-0.1, -0.05) is 48.5 Å². The second kappa shape index (κ2) is 8.82. The molecule has 0 saturated carbocycles. The Balaban J connectivity index is 2.04. The number of Topliss-reactive ketones (excluding diaryl/α,β-unsaturated/α-hetero) is 1. The van der Waals surface area contributed by atoms with E-state index in [9.17, 15) is 14.7 Å². The molecule has 1 unspecified atom stereocenters. The van der Waals surface area contributed by atoms with E-state index in [2.05, 4.69) is 0 Å². The summed E-state index contributed by atoms with van der Waals surface area (Å²) in [7, 11) is 2.93. The highest BCUT2D eigenvalue weighted by Crippen LogP contribution is 2.45. The molecule has 33 heavy (non-hydrogen) atoms. The predicted octanol–water partition coefficient (Wildman–Crippen LogP) is 4.95. The molecule has 168 valence electrons. The van der Waals surface area contributed by atoms with Crippen molar-refractivity contribution in [3.63, 3.8) is 0 Å². The van der Waals surface area contributed by atoms with Crippen molar-refractivity contribution >= 4 is 23.1 Å². The molecule has 6 heteroatoms. The van der Waals surface area contributed by atoms with Gasteiger partial charge in [0, 0.05) is 5.69 Å². The predicted molar refractivity (Wildman–Crippen MR) is 127 cm³/mol. The number of nitrogens with zero attached hydrogens (tertiary/aromatic N) is 1. The summed E-state index contributed by atoms with van der Waals surface area (Å²) in [5.74, 6) is -1.15. The van der Waals surface area contributed by atoms with Crippen molar-refractivity contribution in [1.29, 1.82) is 0 Å². The quantitative estimate of drug-likeness (QED) is 0.343. The molecule has 6 nitrogen and oxygen atoms in total.